The molecule has 0 saturated heterocycles. The predicted molar refractivity (Wildman–Crippen MR) is 76.4 cm³/mol. The molecule has 0 aliphatic carbocycles. The van der Waals surface area contributed by atoms with Crippen LogP contribution in [0.25, 0.3) is 0 Å². The number of carbonyl (C=O) groups excluding carboxylic acids is 1. The van der Waals surface area contributed by atoms with Gasteiger partial charge in [-0.25, -0.2) is 4.39 Å². The lowest BCUT2D eigenvalue weighted by Crippen LogP contribution is -2.24. The maximum Gasteiger partial charge on any atom is 0.255 e. The van der Waals surface area contributed by atoms with Gasteiger partial charge in [0.2, 0.25) is 0 Å². The summed E-state index contributed by atoms with van der Waals surface area (Å²) in [6, 6.07) is 12.2. The summed E-state index contributed by atoms with van der Waals surface area (Å²) in [4.78, 5) is 12.0. The van der Waals surface area contributed by atoms with Crippen LogP contribution in [0.2, 0.25) is 0 Å². The second-order valence-corrected chi connectivity index (χ2v) is 5.06. The molecule has 0 aliphatic heterocycles. The van der Waals surface area contributed by atoms with Gasteiger partial charge < -0.3 is 5.32 Å². The zero-order chi connectivity index (χ0) is 13.8. The number of hydrogen-bond acceptors (Lipinski definition) is 1. The molecule has 19 heavy (non-hydrogen) atoms. The molecule has 0 fully saturated rings. The molecule has 1 amide bonds. The van der Waals surface area contributed by atoms with Crippen LogP contribution in [-0.4, -0.2) is 5.91 Å². The number of nitrogens with one attached hydrogen (secondary N) is 1. The zero-order valence-electron chi connectivity index (χ0n) is 10.4. The van der Waals surface area contributed by atoms with Crippen molar-refractivity contribution in [2.75, 3.05) is 0 Å². The summed E-state index contributed by atoms with van der Waals surface area (Å²) < 4.78 is 14.1. The van der Waals surface area contributed by atoms with Gasteiger partial charge in [0.05, 0.1) is 5.56 Å². The molecule has 0 atom stereocenters. The fraction of sp³-hybridized carbons (Fsp3) is 0.133. The first kappa shape index (κ1) is 13.7. The van der Waals surface area contributed by atoms with Gasteiger partial charge in [0.1, 0.15) is 5.82 Å². The van der Waals surface area contributed by atoms with Crippen molar-refractivity contribution < 1.29 is 9.18 Å². The lowest BCUT2D eigenvalue weighted by atomic mass is 10.1. The molecule has 0 bridgehead atoms. The second kappa shape index (κ2) is 5.97. The van der Waals surface area contributed by atoms with E-state index in [0.717, 1.165) is 11.1 Å². The van der Waals surface area contributed by atoms with Crippen molar-refractivity contribution in [2.45, 2.75) is 13.5 Å². The number of halogens is 2. The lowest BCUT2D eigenvalue weighted by Gasteiger charge is -2.09. The van der Waals surface area contributed by atoms with Crippen LogP contribution in [0.15, 0.2) is 46.9 Å². The topological polar surface area (TPSA) is 29.1 Å². The second-order valence-electron chi connectivity index (χ2n) is 4.21. The molecule has 2 aromatic rings. The Morgan fingerprint density at radius 3 is 2.63 bits per heavy atom. The Balaban J connectivity index is 2.13. The van der Waals surface area contributed by atoms with Gasteiger partial charge in [-0.05, 0) is 46.1 Å². The van der Waals surface area contributed by atoms with Crippen molar-refractivity contribution in [3.63, 3.8) is 0 Å². The van der Waals surface area contributed by atoms with E-state index in [9.17, 15) is 9.18 Å². The van der Waals surface area contributed by atoms with E-state index < -0.39 is 11.7 Å². The number of carbonyl (C=O) groups is 1. The minimum Gasteiger partial charge on any atom is -0.348 e. The van der Waals surface area contributed by atoms with E-state index in [1.165, 1.54) is 6.07 Å². The van der Waals surface area contributed by atoms with Gasteiger partial charge in [0, 0.05) is 11.0 Å². The largest absolute Gasteiger partial charge is 0.348 e. The van der Waals surface area contributed by atoms with Crippen molar-refractivity contribution in [1.29, 1.82) is 0 Å². The zero-order valence-corrected chi connectivity index (χ0v) is 12.0. The third-order valence-corrected chi connectivity index (χ3v) is 3.55. The highest BCUT2D eigenvalue weighted by Gasteiger charge is 2.14. The van der Waals surface area contributed by atoms with Gasteiger partial charge >= 0.3 is 0 Å². The Labute approximate surface area is 119 Å². The first-order valence-corrected chi connectivity index (χ1v) is 6.65. The number of amides is 1. The van der Waals surface area contributed by atoms with Crippen LogP contribution in [0.4, 0.5) is 4.39 Å². The Kier molecular flexibility index (Phi) is 4.32. The molecule has 4 heteroatoms. The molecule has 2 aromatic carbocycles. The maximum absolute atomic E-state index is 13.6. The smallest absolute Gasteiger partial charge is 0.255 e. The van der Waals surface area contributed by atoms with Crippen LogP contribution >= 0.6 is 15.9 Å². The number of rotatable bonds is 3. The van der Waals surface area contributed by atoms with E-state index in [2.05, 4.69) is 21.2 Å². The fourth-order valence-corrected chi connectivity index (χ4v) is 2.31. The van der Waals surface area contributed by atoms with Crippen LogP contribution in [-0.2, 0) is 6.54 Å². The van der Waals surface area contributed by atoms with Crippen LogP contribution in [0.3, 0.4) is 0 Å². The molecule has 1 N–H and O–H groups in total. The number of benzene rings is 2. The monoisotopic (exact) mass is 321 g/mol. The third-order valence-electron chi connectivity index (χ3n) is 2.89. The van der Waals surface area contributed by atoms with Crippen molar-refractivity contribution in [3.8, 4) is 0 Å². The molecule has 0 saturated carbocycles. The number of hydrogen-bond donors (Lipinski definition) is 1. The molecule has 0 unspecified atom stereocenters. The molecule has 0 radical (unpaired) electrons. The minimum absolute atomic E-state index is 0.0380. The molecular formula is C15H13BrFNO. The molecule has 0 spiro atoms. The van der Waals surface area contributed by atoms with E-state index in [4.69, 9.17) is 0 Å². The van der Waals surface area contributed by atoms with Crippen LogP contribution in [0, 0.1) is 12.7 Å². The van der Waals surface area contributed by atoms with Gasteiger partial charge in [-0.1, -0.05) is 30.3 Å². The van der Waals surface area contributed by atoms with Crippen molar-refractivity contribution >= 4 is 21.8 Å². The summed E-state index contributed by atoms with van der Waals surface area (Å²) in [5, 5.41) is 2.73. The molecule has 0 aliphatic rings. The van der Waals surface area contributed by atoms with E-state index in [0.29, 0.717) is 11.0 Å². The summed E-state index contributed by atoms with van der Waals surface area (Å²) in [5.41, 5.74) is 2.15. The van der Waals surface area contributed by atoms with Gasteiger partial charge in [-0.2, -0.15) is 0 Å². The normalized spacial score (nSPS) is 10.3. The van der Waals surface area contributed by atoms with Crippen molar-refractivity contribution in [1.82, 2.24) is 5.32 Å². The van der Waals surface area contributed by atoms with Gasteiger partial charge in [0.25, 0.3) is 5.91 Å². The fourth-order valence-electron chi connectivity index (χ4n) is 1.79. The SMILES string of the molecule is Cc1ccccc1CNC(=O)c1c(F)cccc1Br. The van der Waals surface area contributed by atoms with Gasteiger partial charge in [-0.15, -0.1) is 0 Å². The first-order valence-electron chi connectivity index (χ1n) is 5.86. The quantitative estimate of drug-likeness (QED) is 0.914. The van der Waals surface area contributed by atoms with Crippen molar-refractivity contribution in [2.24, 2.45) is 0 Å². The van der Waals surface area contributed by atoms with Crippen LogP contribution in [0.1, 0.15) is 21.5 Å². The third kappa shape index (κ3) is 3.20. The molecule has 0 aromatic heterocycles. The van der Waals surface area contributed by atoms with Crippen LogP contribution < -0.4 is 5.32 Å². The maximum atomic E-state index is 13.6. The van der Waals surface area contributed by atoms with Gasteiger partial charge in [-0.3, -0.25) is 4.79 Å². The summed E-state index contributed by atoms with van der Waals surface area (Å²) in [6.07, 6.45) is 0. The molecule has 98 valence electrons. The standard InChI is InChI=1S/C15H13BrFNO/c1-10-5-2-3-6-11(10)9-18-15(19)14-12(16)7-4-8-13(14)17/h2-8H,9H2,1H3,(H,18,19). The summed E-state index contributed by atoms with van der Waals surface area (Å²) in [5.74, 6) is -0.954. The summed E-state index contributed by atoms with van der Waals surface area (Å²) >= 11 is 3.19. The Morgan fingerprint density at radius 2 is 1.95 bits per heavy atom. The Hall–Kier alpha value is -1.68. The molecular weight excluding hydrogens is 309 g/mol. The lowest BCUT2D eigenvalue weighted by molar-refractivity contribution is 0.0946. The van der Waals surface area contributed by atoms with E-state index in [-0.39, 0.29) is 5.56 Å². The Bertz CT molecular complexity index is 593. The summed E-state index contributed by atoms with van der Waals surface area (Å²) in [6.45, 7) is 2.35. The predicted octanol–water partition coefficient (Wildman–Crippen LogP) is 3.83. The molecule has 2 rings (SSSR count). The van der Waals surface area contributed by atoms with Gasteiger partial charge in [0.15, 0.2) is 0 Å². The highest BCUT2D eigenvalue weighted by molar-refractivity contribution is 9.10. The minimum atomic E-state index is -0.531. The average molecular weight is 322 g/mol. The van der Waals surface area contributed by atoms with E-state index in [1.54, 1.807) is 12.1 Å². The first-order chi connectivity index (χ1) is 9.09. The average Bonchev–Trinajstić information content (AvgIpc) is 2.37. The Morgan fingerprint density at radius 1 is 1.21 bits per heavy atom. The highest BCUT2D eigenvalue weighted by atomic mass is 79.9. The van der Waals surface area contributed by atoms with E-state index >= 15 is 0 Å². The number of aryl methyl sites for hydroxylation is 1. The van der Waals surface area contributed by atoms with Crippen LogP contribution in [0.5, 0.6) is 0 Å². The highest BCUT2D eigenvalue weighted by Crippen LogP contribution is 2.19. The molecule has 0 heterocycles. The van der Waals surface area contributed by atoms with E-state index in [1.807, 2.05) is 31.2 Å². The molecule has 2 nitrogen and oxygen atoms in total. The van der Waals surface area contributed by atoms with Crippen molar-refractivity contribution in [3.05, 3.63) is 69.4 Å². The summed E-state index contributed by atoms with van der Waals surface area (Å²) in [7, 11) is 0.